The fourth-order valence-electron chi connectivity index (χ4n) is 4.19. The Hall–Kier alpha value is -4.04. The molecule has 0 saturated carbocycles. The first-order chi connectivity index (χ1) is 16.6. The molecule has 0 radical (unpaired) electrons. The third-order valence-corrected chi connectivity index (χ3v) is 6.02. The first-order valence-electron chi connectivity index (χ1n) is 11.7. The van der Waals surface area contributed by atoms with Crippen LogP contribution in [-0.2, 0) is 19.4 Å². The molecular weight excluding hydrogens is 420 g/mol. The summed E-state index contributed by atoms with van der Waals surface area (Å²) in [4.78, 5) is 22.9. The van der Waals surface area contributed by atoms with E-state index in [2.05, 4.69) is 18.0 Å². The van der Waals surface area contributed by atoms with Gasteiger partial charge in [0.05, 0.1) is 29.6 Å². The van der Waals surface area contributed by atoms with E-state index in [1.54, 1.807) is 10.8 Å². The zero-order valence-corrected chi connectivity index (χ0v) is 19.7. The van der Waals surface area contributed by atoms with Crippen LogP contribution >= 0.6 is 0 Å². The quantitative estimate of drug-likeness (QED) is 0.358. The van der Waals surface area contributed by atoms with Crippen molar-refractivity contribution >= 4 is 0 Å². The number of aromatic nitrogens is 3. The Labute approximate surface area is 200 Å². The summed E-state index contributed by atoms with van der Waals surface area (Å²) in [5, 5.41) is 9.81. The zero-order chi connectivity index (χ0) is 23.9. The number of pyridine rings is 1. The topological polar surface area (TPSA) is 71.6 Å². The van der Waals surface area contributed by atoms with Crippen molar-refractivity contribution in [2.24, 2.45) is 0 Å². The van der Waals surface area contributed by atoms with Gasteiger partial charge in [-0.25, -0.2) is 4.98 Å². The molecule has 170 valence electrons. The van der Waals surface area contributed by atoms with Gasteiger partial charge in [0.25, 0.3) is 5.56 Å². The van der Waals surface area contributed by atoms with Crippen LogP contribution in [0.1, 0.15) is 53.7 Å². The Morgan fingerprint density at radius 1 is 1.03 bits per heavy atom. The summed E-state index contributed by atoms with van der Waals surface area (Å²) >= 11 is 0. The van der Waals surface area contributed by atoms with Gasteiger partial charge in [-0.1, -0.05) is 61.9 Å². The molecule has 0 aliphatic carbocycles. The molecule has 0 atom stereocenters. The van der Waals surface area contributed by atoms with E-state index in [0.29, 0.717) is 29.9 Å². The normalized spacial score (nSPS) is 10.7. The van der Waals surface area contributed by atoms with Gasteiger partial charge in [0, 0.05) is 18.2 Å². The molecule has 4 rings (SSSR count). The van der Waals surface area contributed by atoms with Crippen molar-refractivity contribution in [3.05, 3.63) is 117 Å². The summed E-state index contributed by atoms with van der Waals surface area (Å²) < 4.78 is 1.71. The van der Waals surface area contributed by atoms with Gasteiger partial charge in [-0.15, -0.1) is 0 Å². The van der Waals surface area contributed by atoms with Crippen molar-refractivity contribution in [3.8, 4) is 17.2 Å². The van der Waals surface area contributed by atoms with E-state index in [0.717, 1.165) is 47.3 Å². The molecule has 5 nitrogen and oxygen atoms in total. The van der Waals surface area contributed by atoms with Gasteiger partial charge in [-0.3, -0.25) is 14.3 Å². The average Bonchev–Trinajstić information content (AvgIpc) is 2.88. The standard InChI is InChI=1S/C29H28N4O/c1-3-4-13-28-27(29(34)33(21(2)32-28)20-25-12-8-9-16-31-25)18-22-14-15-26(24(17-22)19-30)23-10-6-5-7-11-23/h5-12,14-17H,3-4,13,18,20H2,1-2H3. The third-order valence-electron chi connectivity index (χ3n) is 6.02. The number of benzene rings is 2. The maximum absolute atomic E-state index is 13.7. The highest BCUT2D eigenvalue weighted by atomic mass is 16.1. The second kappa shape index (κ2) is 10.7. The van der Waals surface area contributed by atoms with Crippen molar-refractivity contribution in [2.75, 3.05) is 0 Å². The Bertz CT molecular complexity index is 1370. The van der Waals surface area contributed by atoms with Crippen LogP contribution in [0.3, 0.4) is 0 Å². The predicted octanol–water partition coefficient (Wildman–Crippen LogP) is 5.47. The minimum Gasteiger partial charge on any atom is -0.291 e. The molecule has 0 saturated heterocycles. The molecule has 0 bridgehead atoms. The Balaban J connectivity index is 1.74. The lowest BCUT2D eigenvalue weighted by molar-refractivity contribution is 0.653. The second-order valence-electron chi connectivity index (χ2n) is 8.43. The van der Waals surface area contributed by atoms with Crippen molar-refractivity contribution in [1.29, 1.82) is 5.26 Å². The van der Waals surface area contributed by atoms with Crippen molar-refractivity contribution in [3.63, 3.8) is 0 Å². The van der Waals surface area contributed by atoms with Gasteiger partial charge in [-0.2, -0.15) is 5.26 Å². The Morgan fingerprint density at radius 2 is 1.82 bits per heavy atom. The van der Waals surface area contributed by atoms with Gasteiger partial charge >= 0.3 is 0 Å². The van der Waals surface area contributed by atoms with Crippen molar-refractivity contribution in [1.82, 2.24) is 14.5 Å². The maximum Gasteiger partial charge on any atom is 0.257 e. The van der Waals surface area contributed by atoms with Crippen LogP contribution in [0.5, 0.6) is 0 Å². The second-order valence-corrected chi connectivity index (χ2v) is 8.43. The third kappa shape index (κ3) is 5.13. The molecule has 2 aromatic carbocycles. The number of unbranched alkanes of at least 4 members (excludes halogenated alkanes) is 1. The Kier molecular flexibility index (Phi) is 7.29. The molecule has 2 aromatic heterocycles. The van der Waals surface area contributed by atoms with Crippen LogP contribution in [0, 0.1) is 18.3 Å². The van der Waals surface area contributed by atoms with E-state index in [1.807, 2.05) is 73.7 Å². The fraction of sp³-hybridized carbons (Fsp3) is 0.241. The van der Waals surface area contributed by atoms with Crippen LogP contribution in [0.2, 0.25) is 0 Å². The van der Waals surface area contributed by atoms with Gasteiger partial charge in [-0.05, 0) is 54.7 Å². The number of aryl methyl sites for hydroxylation is 2. The molecule has 2 heterocycles. The summed E-state index contributed by atoms with van der Waals surface area (Å²) in [5.41, 5.74) is 5.78. The number of nitrogens with zero attached hydrogens (tertiary/aromatic N) is 4. The lowest BCUT2D eigenvalue weighted by Crippen LogP contribution is -2.30. The van der Waals surface area contributed by atoms with E-state index in [-0.39, 0.29) is 5.56 Å². The SMILES string of the molecule is CCCCc1nc(C)n(Cc2ccccn2)c(=O)c1Cc1ccc(-c2ccccc2)c(C#N)c1. The molecule has 0 N–H and O–H groups in total. The monoisotopic (exact) mass is 448 g/mol. The summed E-state index contributed by atoms with van der Waals surface area (Å²) in [6.07, 6.45) is 4.94. The van der Waals surface area contributed by atoms with Crippen LogP contribution < -0.4 is 5.56 Å². The maximum atomic E-state index is 13.7. The van der Waals surface area contributed by atoms with E-state index in [1.165, 1.54) is 0 Å². The van der Waals surface area contributed by atoms with Gasteiger partial charge in [0.1, 0.15) is 5.82 Å². The van der Waals surface area contributed by atoms with Gasteiger partial charge in [0.15, 0.2) is 0 Å². The van der Waals surface area contributed by atoms with Gasteiger partial charge in [0.2, 0.25) is 0 Å². The predicted molar refractivity (Wildman–Crippen MR) is 135 cm³/mol. The minimum atomic E-state index is -0.0325. The largest absolute Gasteiger partial charge is 0.291 e. The highest BCUT2D eigenvalue weighted by Gasteiger charge is 2.17. The summed E-state index contributed by atoms with van der Waals surface area (Å²) in [6.45, 7) is 4.40. The molecular formula is C29H28N4O. The molecule has 0 spiro atoms. The van der Waals surface area contributed by atoms with E-state index in [4.69, 9.17) is 4.98 Å². The summed E-state index contributed by atoms with van der Waals surface area (Å²) in [6, 6.07) is 23.8. The number of rotatable bonds is 8. The fourth-order valence-corrected chi connectivity index (χ4v) is 4.19. The number of nitriles is 1. The highest BCUT2D eigenvalue weighted by Crippen LogP contribution is 2.25. The van der Waals surface area contributed by atoms with E-state index >= 15 is 0 Å². The first-order valence-corrected chi connectivity index (χ1v) is 11.7. The molecule has 5 heteroatoms. The summed E-state index contributed by atoms with van der Waals surface area (Å²) in [7, 11) is 0. The zero-order valence-electron chi connectivity index (χ0n) is 19.7. The highest BCUT2D eigenvalue weighted by molar-refractivity contribution is 5.71. The van der Waals surface area contributed by atoms with Crippen molar-refractivity contribution < 1.29 is 0 Å². The molecule has 0 unspecified atom stereocenters. The van der Waals surface area contributed by atoms with E-state index in [9.17, 15) is 10.1 Å². The smallest absolute Gasteiger partial charge is 0.257 e. The molecule has 0 amide bonds. The number of hydrogen-bond donors (Lipinski definition) is 0. The molecule has 4 aromatic rings. The van der Waals surface area contributed by atoms with Crippen LogP contribution in [0.25, 0.3) is 11.1 Å². The first kappa shape index (κ1) is 23.1. The van der Waals surface area contributed by atoms with E-state index < -0.39 is 0 Å². The molecule has 34 heavy (non-hydrogen) atoms. The molecule has 0 fully saturated rings. The van der Waals surface area contributed by atoms with Gasteiger partial charge < -0.3 is 0 Å². The van der Waals surface area contributed by atoms with Crippen LogP contribution in [-0.4, -0.2) is 14.5 Å². The Morgan fingerprint density at radius 3 is 2.53 bits per heavy atom. The molecule has 0 aliphatic rings. The molecule has 0 aliphatic heterocycles. The number of hydrogen-bond acceptors (Lipinski definition) is 4. The lowest BCUT2D eigenvalue weighted by atomic mass is 9.95. The van der Waals surface area contributed by atoms with Crippen LogP contribution in [0.15, 0.2) is 77.7 Å². The summed E-state index contributed by atoms with van der Waals surface area (Å²) in [5.74, 6) is 0.697. The minimum absolute atomic E-state index is 0.0325. The van der Waals surface area contributed by atoms with Crippen LogP contribution in [0.4, 0.5) is 0 Å². The average molecular weight is 449 g/mol. The van der Waals surface area contributed by atoms with Crippen molar-refractivity contribution in [2.45, 2.75) is 46.1 Å². The lowest BCUT2D eigenvalue weighted by Gasteiger charge is -2.16.